The Bertz CT molecular complexity index is 1620. The number of nitrogens with one attached hydrogen (secondary N) is 1. The number of thioether (sulfide) groups is 2. The molecular formula is C26H21N5O8S3. The maximum absolute atomic E-state index is 13.4. The number of esters is 1. The number of aryl methyl sites for hydroxylation is 1. The van der Waals surface area contributed by atoms with Crippen molar-refractivity contribution in [2.45, 2.75) is 29.3 Å². The predicted octanol–water partition coefficient (Wildman–Crippen LogP) is 3.26. The number of aromatic nitrogens is 2. The van der Waals surface area contributed by atoms with Crippen LogP contribution in [0, 0.1) is 17.0 Å². The van der Waals surface area contributed by atoms with Gasteiger partial charge >= 0.3 is 11.9 Å². The normalized spacial score (nSPS) is 17.7. The van der Waals surface area contributed by atoms with Crippen LogP contribution in [0.5, 0.6) is 0 Å². The van der Waals surface area contributed by atoms with E-state index < -0.39 is 40.1 Å². The van der Waals surface area contributed by atoms with E-state index in [9.17, 15) is 34.4 Å². The molecule has 3 heterocycles. The second-order valence-corrected chi connectivity index (χ2v) is 12.5. The lowest BCUT2D eigenvalue weighted by molar-refractivity contribution is -0.384. The summed E-state index contributed by atoms with van der Waals surface area (Å²) in [5, 5.41) is 31.2. The van der Waals surface area contributed by atoms with E-state index in [1.165, 1.54) is 88.3 Å². The Morgan fingerprint density at radius 3 is 2.52 bits per heavy atom. The summed E-state index contributed by atoms with van der Waals surface area (Å²) in [6.07, 6.45) is 0. The van der Waals surface area contributed by atoms with Crippen LogP contribution in [-0.2, 0) is 20.9 Å². The summed E-state index contributed by atoms with van der Waals surface area (Å²) in [7, 11) is 0. The first-order valence-corrected chi connectivity index (χ1v) is 15.1. The Morgan fingerprint density at radius 1 is 1.17 bits per heavy atom. The fourth-order valence-corrected chi connectivity index (χ4v) is 7.59. The molecule has 42 heavy (non-hydrogen) atoms. The van der Waals surface area contributed by atoms with E-state index in [4.69, 9.17) is 4.74 Å². The van der Waals surface area contributed by atoms with Gasteiger partial charge in [-0.05, 0) is 42.3 Å². The van der Waals surface area contributed by atoms with E-state index in [0.29, 0.717) is 27.0 Å². The van der Waals surface area contributed by atoms with E-state index in [1.54, 1.807) is 0 Å². The minimum absolute atomic E-state index is 0.0656. The van der Waals surface area contributed by atoms with Crippen LogP contribution in [-0.4, -0.2) is 71.8 Å². The van der Waals surface area contributed by atoms with Crippen molar-refractivity contribution < 1.29 is 33.9 Å². The van der Waals surface area contributed by atoms with Crippen molar-refractivity contribution in [1.82, 2.24) is 20.4 Å². The highest BCUT2D eigenvalue weighted by atomic mass is 32.2. The number of nitro groups is 1. The number of amides is 2. The number of benzene rings is 2. The van der Waals surface area contributed by atoms with Crippen LogP contribution in [0.4, 0.5) is 5.69 Å². The molecule has 1 unspecified atom stereocenters. The Balaban J connectivity index is 1.35. The number of nitro benzene ring substituents is 1. The number of aromatic carboxylic acids is 1. The first-order valence-electron chi connectivity index (χ1n) is 12.3. The summed E-state index contributed by atoms with van der Waals surface area (Å²) in [6, 6.07) is 10.2. The van der Waals surface area contributed by atoms with Gasteiger partial charge in [-0.3, -0.25) is 24.6 Å². The number of rotatable bonds is 10. The molecule has 1 saturated heterocycles. The van der Waals surface area contributed by atoms with Crippen LogP contribution in [0.2, 0.25) is 0 Å². The van der Waals surface area contributed by atoms with Crippen molar-refractivity contribution in [3.8, 4) is 0 Å². The van der Waals surface area contributed by atoms with Crippen molar-refractivity contribution in [2.24, 2.45) is 0 Å². The monoisotopic (exact) mass is 627 g/mol. The van der Waals surface area contributed by atoms with Gasteiger partial charge in [0.15, 0.2) is 4.34 Å². The van der Waals surface area contributed by atoms with Gasteiger partial charge in [0.25, 0.3) is 17.5 Å². The van der Waals surface area contributed by atoms with Gasteiger partial charge in [-0.15, -0.1) is 22.0 Å². The minimum Gasteiger partial charge on any atom is -0.478 e. The molecule has 0 radical (unpaired) electrons. The molecule has 2 N–H and O–H groups in total. The molecule has 13 nitrogen and oxygen atoms in total. The third kappa shape index (κ3) is 6.00. The van der Waals surface area contributed by atoms with E-state index in [2.05, 4.69) is 15.5 Å². The lowest BCUT2D eigenvalue weighted by atomic mass is 10.0. The topological polar surface area (TPSA) is 182 Å². The Kier molecular flexibility index (Phi) is 8.56. The molecule has 0 aliphatic carbocycles. The van der Waals surface area contributed by atoms with Gasteiger partial charge < -0.3 is 15.2 Å². The van der Waals surface area contributed by atoms with Crippen LogP contribution in [0.1, 0.15) is 31.3 Å². The highest BCUT2D eigenvalue weighted by Gasteiger charge is 2.54. The lowest BCUT2D eigenvalue weighted by Crippen LogP contribution is -2.70. The number of non-ortho nitro benzene ring substituents is 1. The van der Waals surface area contributed by atoms with E-state index in [-0.39, 0.29) is 29.1 Å². The zero-order valence-electron chi connectivity index (χ0n) is 21.7. The quantitative estimate of drug-likeness (QED) is 0.110. The Hall–Kier alpha value is -4.28. The maximum atomic E-state index is 13.4. The molecule has 3 aromatic rings. The number of fused-ring (bicyclic) bond motifs is 1. The van der Waals surface area contributed by atoms with Gasteiger partial charge in [-0.1, -0.05) is 35.2 Å². The fraction of sp³-hybridized carbons (Fsp3) is 0.231. The van der Waals surface area contributed by atoms with Crippen LogP contribution < -0.4 is 5.32 Å². The standard InChI is InChI=1S/C26H21N5O8S3/c1-13-28-29-26(42-13)41-12-15-11-40-23-19(27-21(32)17-4-2-3-5-18(17)24(34)35)22(33)30(23)20(15)25(36)39-10-14-6-8-16(9-7-14)31(37)38/h2-9,19,23H,10-12H2,1H3,(H,27,32)(H,34,35)/t19?,23-/m0/s1. The molecule has 1 fully saturated rings. The van der Waals surface area contributed by atoms with Crippen molar-refractivity contribution in [3.63, 3.8) is 0 Å². The number of carboxylic acid groups (broad SMARTS) is 1. The summed E-state index contributed by atoms with van der Waals surface area (Å²) in [5.74, 6) is -2.58. The lowest BCUT2D eigenvalue weighted by Gasteiger charge is -2.49. The highest BCUT2D eigenvalue weighted by molar-refractivity contribution is 8.01. The van der Waals surface area contributed by atoms with Gasteiger partial charge in [0, 0.05) is 23.6 Å². The average molecular weight is 628 g/mol. The van der Waals surface area contributed by atoms with Crippen molar-refractivity contribution in [2.75, 3.05) is 11.5 Å². The number of nitrogens with zero attached hydrogens (tertiary/aromatic N) is 4. The summed E-state index contributed by atoms with van der Waals surface area (Å²) < 4.78 is 6.22. The number of hydrogen-bond acceptors (Lipinski definition) is 12. The molecule has 16 heteroatoms. The number of β-lactam (4-membered cyclic amide) rings is 1. The minimum atomic E-state index is -1.27. The van der Waals surface area contributed by atoms with E-state index in [0.717, 1.165) is 5.01 Å². The first-order chi connectivity index (χ1) is 20.1. The Morgan fingerprint density at radius 2 is 1.88 bits per heavy atom. The van der Waals surface area contributed by atoms with Crippen LogP contribution in [0.25, 0.3) is 0 Å². The van der Waals surface area contributed by atoms with Gasteiger partial charge in [0.2, 0.25) is 0 Å². The van der Waals surface area contributed by atoms with E-state index >= 15 is 0 Å². The zero-order chi connectivity index (χ0) is 30.0. The number of hydrogen-bond donors (Lipinski definition) is 2. The first kappa shape index (κ1) is 29.2. The van der Waals surface area contributed by atoms with Crippen molar-refractivity contribution >= 4 is 64.3 Å². The van der Waals surface area contributed by atoms with Crippen LogP contribution in [0.3, 0.4) is 0 Å². The molecule has 5 rings (SSSR count). The highest BCUT2D eigenvalue weighted by Crippen LogP contribution is 2.42. The number of ether oxygens (including phenoxy) is 1. The molecule has 2 aromatic carbocycles. The molecule has 0 saturated carbocycles. The Labute approximate surface area is 250 Å². The smallest absolute Gasteiger partial charge is 0.355 e. The molecule has 2 aliphatic rings. The number of carboxylic acids is 1. The zero-order valence-corrected chi connectivity index (χ0v) is 24.2. The number of carbonyl (C=O) groups is 4. The fourth-order valence-electron chi connectivity index (χ4n) is 4.29. The average Bonchev–Trinajstić information content (AvgIpc) is 3.41. The van der Waals surface area contributed by atoms with Crippen LogP contribution in [0.15, 0.2) is 64.1 Å². The molecule has 216 valence electrons. The maximum Gasteiger partial charge on any atom is 0.355 e. The molecule has 0 bridgehead atoms. The summed E-state index contributed by atoms with van der Waals surface area (Å²) in [4.78, 5) is 62.9. The van der Waals surface area contributed by atoms with Crippen LogP contribution >= 0.6 is 34.9 Å². The molecule has 1 aromatic heterocycles. The molecular weight excluding hydrogens is 607 g/mol. The van der Waals surface area contributed by atoms with Gasteiger partial charge in [0.05, 0.1) is 16.1 Å². The molecule has 2 atom stereocenters. The van der Waals surface area contributed by atoms with Gasteiger partial charge in [0.1, 0.15) is 28.7 Å². The summed E-state index contributed by atoms with van der Waals surface area (Å²) in [6.45, 7) is 1.65. The van der Waals surface area contributed by atoms with Crippen molar-refractivity contribution in [1.29, 1.82) is 0 Å². The summed E-state index contributed by atoms with van der Waals surface area (Å²) >= 11 is 4.13. The number of carbonyl (C=O) groups excluding carboxylic acids is 3. The SMILES string of the molecule is Cc1nnc(SCC2=C(C(=O)OCc3ccc([N+](=O)[O-])cc3)N3C(=O)C(NC(=O)c4ccccc4C(=O)O)[C@@H]3SC2)s1. The van der Waals surface area contributed by atoms with Gasteiger partial charge in [-0.2, -0.15) is 0 Å². The second-order valence-electron chi connectivity index (χ2n) is 9.04. The third-order valence-corrected chi connectivity index (χ3v) is 9.72. The molecule has 2 amide bonds. The molecule has 2 aliphatic heterocycles. The third-order valence-electron chi connectivity index (χ3n) is 6.32. The largest absolute Gasteiger partial charge is 0.478 e. The molecule has 0 spiro atoms. The van der Waals surface area contributed by atoms with Crippen molar-refractivity contribution in [3.05, 3.63) is 91.6 Å². The second kappa shape index (κ2) is 12.3. The predicted molar refractivity (Wildman–Crippen MR) is 153 cm³/mol. The van der Waals surface area contributed by atoms with E-state index in [1.807, 2.05) is 6.92 Å². The summed E-state index contributed by atoms with van der Waals surface area (Å²) in [5.41, 5.74) is 0.842. The van der Waals surface area contributed by atoms with Gasteiger partial charge in [-0.25, -0.2) is 9.59 Å².